The summed E-state index contributed by atoms with van der Waals surface area (Å²) in [6, 6.07) is 1.92. The van der Waals surface area contributed by atoms with E-state index in [0.29, 0.717) is 28.1 Å². The van der Waals surface area contributed by atoms with E-state index in [1.54, 1.807) is 45.0 Å². The maximum Gasteiger partial charge on any atom is 0.274 e. The van der Waals surface area contributed by atoms with Gasteiger partial charge in [0.15, 0.2) is 0 Å². The zero-order chi connectivity index (χ0) is 25.9. The molecule has 0 saturated heterocycles. The third kappa shape index (κ3) is 4.31. The molecule has 10 heteroatoms. The van der Waals surface area contributed by atoms with E-state index in [2.05, 4.69) is 15.3 Å². The van der Waals surface area contributed by atoms with E-state index in [0.717, 1.165) is 44.6 Å². The van der Waals surface area contributed by atoms with E-state index in [1.807, 2.05) is 20.8 Å². The number of aromatic amines is 1. The van der Waals surface area contributed by atoms with Gasteiger partial charge in [-0.1, -0.05) is 0 Å². The van der Waals surface area contributed by atoms with Crippen molar-refractivity contribution in [1.29, 1.82) is 0 Å². The van der Waals surface area contributed by atoms with Crippen LogP contribution in [-0.2, 0) is 11.6 Å². The lowest BCUT2D eigenvalue weighted by Crippen LogP contribution is -2.25. The largest absolute Gasteiger partial charge is 0.455 e. The van der Waals surface area contributed by atoms with Gasteiger partial charge in [-0.25, -0.2) is 0 Å². The summed E-state index contributed by atoms with van der Waals surface area (Å²) in [5, 5.41) is 3.60. The van der Waals surface area contributed by atoms with Crippen LogP contribution in [0.1, 0.15) is 40.0 Å². The van der Waals surface area contributed by atoms with Gasteiger partial charge in [0.1, 0.15) is 29.9 Å². The molecule has 1 aliphatic carbocycles. The second-order valence-electron chi connectivity index (χ2n) is 9.92. The summed E-state index contributed by atoms with van der Waals surface area (Å²) < 4.78 is 22.0. The zero-order valence-electron chi connectivity index (χ0n) is 21.2. The van der Waals surface area contributed by atoms with Crippen LogP contribution in [0.5, 0.6) is 11.5 Å². The number of rotatable bonds is 6. The van der Waals surface area contributed by atoms with Crippen LogP contribution in [0.3, 0.4) is 0 Å². The molecule has 0 spiro atoms. The number of thiophene rings is 1. The number of aromatic nitrogens is 3. The van der Waals surface area contributed by atoms with Crippen LogP contribution in [0.2, 0.25) is 0 Å². The fourth-order valence-corrected chi connectivity index (χ4v) is 7.44. The van der Waals surface area contributed by atoms with Gasteiger partial charge < -0.3 is 24.2 Å². The van der Waals surface area contributed by atoms with Crippen molar-refractivity contribution in [3.05, 3.63) is 57.4 Å². The molecule has 1 aliphatic rings. The fourth-order valence-electron chi connectivity index (χ4n) is 4.38. The first-order chi connectivity index (χ1) is 17.0. The Morgan fingerprint density at radius 1 is 1.19 bits per heavy atom. The van der Waals surface area contributed by atoms with Crippen molar-refractivity contribution in [3.63, 3.8) is 0 Å². The molecule has 4 heterocycles. The molecule has 1 saturated carbocycles. The Morgan fingerprint density at radius 3 is 2.47 bits per heavy atom. The van der Waals surface area contributed by atoms with E-state index in [-0.39, 0.29) is 17.5 Å². The quantitative estimate of drug-likeness (QED) is 0.351. The molecule has 0 radical (unpaired) electrons. The number of aryl methyl sites for hydroxylation is 3. The molecule has 0 aliphatic heterocycles. The SMILES string of the molecule is Cc1cncc(C)c1Oc1c(-c2cn(C)c(=O)c3[nH]c(C(=O)NC4CC4)cc23)sc(P(C)(C)=O)c1C. The molecule has 4 aromatic rings. The molecule has 0 bridgehead atoms. The Kier molecular flexibility index (Phi) is 5.96. The van der Waals surface area contributed by atoms with Crippen LogP contribution < -0.4 is 20.2 Å². The van der Waals surface area contributed by atoms with Crippen molar-refractivity contribution in [2.24, 2.45) is 7.05 Å². The maximum absolute atomic E-state index is 13.2. The minimum Gasteiger partial charge on any atom is -0.455 e. The molecule has 188 valence electrons. The summed E-state index contributed by atoms with van der Waals surface area (Å²) in [5.74, 6) is 1.07. The number of fused-ring (bicyclic) bond motifs is 1. The average Bonchev–Trinajstić information content (AvgIpc) is 3.38. The van der Waals surface area contributed by atoms with Gasteiger partial charge in [0.05, 0.1) is 9.50 Å². The predicted molar refractivity (Wildman–Crippen MR) is 145 cm³/mol. The highest BCUT2D eigenvalue weighted by atomic mass is 32.1. The third-order valence-electron chi connectivity index (χ3n) is 6.38. The normalized spacial score (nSPS) is 13.8. The topological polar surface area (TPSA) is 106 Å². The van der Waals surface area contributed by atoms with Crippen LogP contribution in [0.25, 0.3) is 21.3 Å². The van der Waals surface area contributed by atoms with Crippen molar-refractivity contribution in [3.8, 4) is 21.9 Å². The highest BCUT2D eigenvalue weighted by Crippen LogP contribution is 2.50. The summed E-state index contributed by atoms with van der Waals surface area (Å²) in [7, 11) is -0.946. The average molecular weight is 525 g/mol. The van der Waals surface area contributed by atoms with E-state index >= 15 is 0 Å². The third-order valence-corrected chi connectivity index (χ3v) is 10.4. The Bertz CT molecular complexity index is 1620. The summed E-state index contributed by atoms with van der Waals surface area (Å²) in [4.78, 5) is 33.8. The first kappa shape index (κ1) is 24.5. The number of carbonyl (C=O) groups excluding carboxylic acids is 1. The number of hydrogen-bond donors (Lipinski definition) is 2. The molecule has 36 heavy (non-hydrogen) atoms. The fraction of sp³-hybridized carbons (Fsp3) is 0.346. The van der Waals surface area contributed by atoms with Gasteiger partial charge in [0, 0.05) is 59.3 Å². The number of H-pyrrole nitrogens is 1. The number of ether oxygens (including phenoxy) is 1. The Labute approximate surface area is 213 Å². The highest BCUT2D eigenvalue weighted by molar-refractivity contribution is 7.76. The minimum absolute atomic E-state index is 0.198. The van der Waals surface area contributed by atoms with Crippen molar-refractivity contribution in [2.45, 2.75) is 39.7 Å². The summed E-state index contributed by atoms with van der Waals surface area (Å²) >= 11 is 1.41. The number of amides is 1. The van der Waals surface area contributed by atoms with Crippen LogP contribution in [-0.4, -0.2) is 39.8 Å². The molecule has 2 N–H and O–H groups in total. The molecule has 0 unspecified atom stereocenters. The van der Waals surface area contributed by atoms with Crippen molar-refractivity contribution in [2.75, 3.05) is 13.3 Å². The Balaban J connectivity index is 1.75. The monoisotopic (exact) mass is 524 g/mol. The number of hydrogen-bond acceptors (Lipinski definition) is 6. The lowest BCUT2D eigenvalue weighted by atomic mass is 10.1. The second kappa shape index (κ2) is 8.75. The molecule has 8 nitrogen and oxygen atoms in total. The first-order valence-electron chi connectivity index (χ1n) is 11.8. The van der Waals surface area contributed by atoms with Crippen LogP contribution >= 0.6 is 18.5 Å². The lowest BCUT2D eigenvalue weighted by molar-refractivity contribution is 0.0947. The second-order valence-corrected chi connectivity index (χ2v) is 14.4. The van der Waals surface area contributed by atoms with Crippen molar-refractivity contribution < 1.29 is 14.1 Å². The van der Waals surface area contributed by atoms with Gasteiger partial charge in [-0.2, -0.15) is 0 Å². The van der Waals surface area contributed by atoms with Gasteiger partial charge in [-0.15, -0.1) is 11.3 Å². The lowest BCUT2D eigenvalue weighted by Gasteiger charge is -2.14. The minimum atomic E-state index is -2.63. The van der Waals surface area contributed by atoms with E-state index < -0.39 is 7.14 Å². The molecule has 5 rings (SSSR count). The summed E-state index contributed by atoms with van der Waals surface area (Å²) in [6.45, 7) is 9.28. The van der Waals surface area contributed by atoms with Crippen LogP contribution in [0.15, 0.2) is 29.5 Å². The van der Waals surface area contributed by atoms with E-state index in [1.165, 1.54) is 15.9 Å². The molecule has 0 aromatic carbocycles. The van der Waals surface area contributed by atoms with Crippen molar-refractivity contribution >= 4 is 39.9 Å². The molecule has 1 amide bonds. The number of pyridine rings is 2. The zero-order valence-corrected chi connectivity index (χ0v) is 22.9. The molecule has 0 atom stereocenters. The highest BCUT2D eigenvalue weighted by Gasteiger charge is 2.29. The summed E-state index contributed by atoms with van der Waals surface area (Å²) in [6.07, 6.45) is 7.19. The summed E-state index contributed by atoms with van der Waals surface area (Å²) in [5.41, 5.74) is 3.78. The van der Waals surface area contributed by atoms with Gasteiger partial charge >= 0.3 is 0 Å². The van der Waals surface area contributed by atoms with E-state index in [9.17, 15) is 14.2 Å². The smallest absolute Gasteiger partial charge is 0.274 e. The standard InChI is InChI=1S/C26H29N4O4PS/c1-13-10-27-11-14(2)21(13)34-22-15(3)26(35(5,6)33)36-23(22)18-12-30(4)25(32)20-17(18)9-19(29-20)24(31)28-16-7-8-16/h9-12,16,29H,7-8H2,1-6H3,(H,28,31). The Morgan fingerprint density at radius 2 is 1.86 bits per heavy atom. The van der Waals surface area contributed by atoms with Gasteiger partial charge in [0.25, 0.3) is 11.5 Å². The predicted octanol–water partition coefficient (Wildman–Crippen LogP) is 4.85. The van der Waals surface area contributed by atoms with Gasteiger partial charge in [-0.05, 0) is 53.0 Å². The van der Waals surface area contributed by atoms with Crippen molar-refractivity contribution in [1.82, 2.24) is 19.9 Å². The molecule has 4 aromatic heterocycles. The molecular weight excluding hydrogens is 495 g/mol. The molecule has 1 fully saturated rings. The van der Waals surface area contributed by atoms with Crippen LogP contribution in [0.4, 0.5) is 0 Å². The first-order valence-corrected chi connectivity index (χ1v) is 15.2. The number of nitrogens with one attached hydrogen (secondary N) is 2. The number of carbonyl (C=O) groups is 1. The molecular formula is C26H29N4O4PS. The maximum atomic E-state index is 13.2. The van der Waals surface area contributed by atoms with Gasteiger partial charge in [0.2, 0.25) is 0 Å². The van der Waals surface area contributed by atoms with Gasteiger partial charge in [-0.3, -0.25) is 14.6 Å². The van der Waals surface area contributed by atoms with E-state index in [4.69, 9.17) is 4.74 Å². The van der Waals surface area contributed by atoms with Crippen LogP contribution in [0, 0.1) is 20.8 Å². The number of nitrogens with zero attached hydrogens (tertiary/aromatic N) is 2. The Hall–Kier alpha value is -3.16.